The Labute approximate surface area is 133 Å². The monoisotopic (exact) mass is 338 g/mol. The summed E-state index contributed by atoms with van der Waals surface area (Å²) in [5, 5.41) is 6.20. The molecule has 2 aromatic rings. The van der Waals surface area contributed by atoms with E-state index in [9.17, 15) is 17.2 Å². The summed E-state index contributed by atoms with van der Waals surface area (Å²) in [7, 11) is -4.63. The second kappa shape index (κ2) is 6.25. The number of sulfone groups is 1. The van der Waals surface area contributed by atoms with E-state index in [-0.39, 0.29) is 10.6 Å². The highest BCUT2D eigenvalue weighted by atomic mass is 32.2. The molecule has 0 atom stereocenters. The predicted molar refractivity (Wildman–Crippen MR) is 83.9 cm³/mol. The maximum absolute atomic E-state index is 12.8. The lowest BCUT2D eigenvalue weighted by molar-refractivity contribution is 0.235. The molecule has 122 valence electrons. The average molecular weight is 338 g/mol. The van der Waals surface area contributed by atoms with E-state index < -0.39 is 15.6 Å². The molecule has 1 aliphatic heterocycles. The van der Waals surface area contributed by atoms with E-state index in [1.807, 2.05) is 18.2 Å². The first-order valence-electron chi connectivity index (χ1n) is 7.15. The molecule has 4 nitrogen and oxygen atoms in total. The Balaban J connectivity index is 1.82. The van der Waals surface area contributed by atoms with Gasteiger partial charge in [-0.1, -0.05) is 30.3 Å². The van der Waals surface area contributed by atoms with E-state index in [0.717, 1.165) is 18.7 Å². The van der Waals surface area contributed by atoms with Crippen molar-refractivity contribution >= 4 is 15.5 Å². The van der Waals surface area contributed by atoms with Gasteiger partial charge >= 0.3 is 5.76 Å². The summed E-state index contributed by atoms with van der Waals surface area (Å²) < 4.78 is 49.0. The van der Waals surface area contributed by atoms with Crippen LogP contribution in [0, 0.1) is 0 Å². The third-order valence-electron chi connectivity index (χ3n) is 3.81. The zero-order valence-corrected chi connectivity index (χ0v) is 13.0. The maximum Gasteiger partial charge on any atom is 0.341 e. The zero-order chi connectivity index (χ0) is 16.4. The Bertz CT molecular complexity index is 823. The number of rotatable bonds is 5. The highest BCUT2D eigenvalue weighted by Gasteiger charge is 2.28. The normalized spacial score (nSPS) is 14.0. The van der Waals surface area contributed by atoms with Crippen molar-refractivity contribution in [1.82, 2.24) is 5.32 Å². The van der Waals surface area contributed by atoms with Gasteiger partial charge in [-0.3, -0.25) is 0 Å². The van der Waals surface area contributed by atoms with Gasteiger partial charge in [0.2, 0.25) is 9.84 Å². The number of para-hydroxylation sites is 1. The molecule has 0 radical (unpaired) electrons. The van der Waals surface area contributed by atoms with Crippen molar-refractivity contribution in [2.24, 2.45) is 0 Å². The zero-order valence-electron chi connectivity index (χ0n) is 12.2. The molecule has 0 spiro atoms. The second-order valence-corrected chi connectivity index (χ2v) is 7.25. The fourth-order valence-corrected chi connectivity index (χ4v) is 3.52. The molecule has 0 unspecified atom stereocenters. The van der Waals surface area contributed by atoms with Gasteiger partial charge in [0, 0.05) is 19.6 Å². The van der Waals surface area contributed by atoms with Gasteiger partial charge in [0.1, 0.15) is 0 Å². The van der Waals surface area contributed by atoms with Gasteiger partial charge in [-0.25, -0.2) is 8.42 Å². The highest BCUT2D eigenvalue weighted by molar-refractivity contribution is 7.91. The van der Waals surface area contributed by atoms with Gasteiger partial charge in [-0.2, -0.15) is 8.78 Å². The number of hydrogen-bond acceptors (Lipinski definition) is 4. The van der Waals surface area contributed by atoms with Crippen molar-refractivity contribution in [2.75, 3.05) is 5.32 Å². The van der Waals surface area contributed by atoms with Gasteiger partial charge < -0.3 is 10.6 Å². The molecule has 1 heterocycles. The minimum atomic E-state index is -4.63. The lowest BCUT2D eigenvalue weighted by Gasteiger charge is -2.12. The first-order chi connectivity index (χ1) is 11.0. The number of hydrogen-bond donors (Lipinski definition) is 2. The average Bonchev–Trinajstić information content (AvgIpc) is 3.00. The lowest BCUT2D eigenvalue weighted by Crippen LogP contribution is -2.14. The van der Waals surface area contributed by atoms with Gasteiger partial charge in [-0.15, -0.1) is 0 Å². The Morgan fingerprint density at radius 2 is 1.83 bits per heavy atom. The van der Waals surface area contributed by atoms with E-state index in [2.05, 4.69) is 10.6 Å². The van der Waals surface area contributed by atoms with E-state index in [0.29, 0.717) is 6.54 Å². The van der Waals surface area contributed by atoms with Crippen molar-refractivity contribution in [3.05, 3.63) is 59.2 Å². The molecule has 0 fully saturated rings. The SMILES string of the molecule is O=S(=O)(c1ccccc1NCc1ccc2c(c1)CNC2)C(F)F. The number of nitrogens with one attached hydrogen (secondary N) is 2. The molecule has 3 rings (SSSR count). The van der Waals surface area contributed by atoms with E-state index in [1.54, 1.807) is 6.07 Å². The Kier molecular flexibility index (Phi) is 4.32. The molecule has 23 heavy (non-hydrogen) atoms. The lowest BCUT2D eigenvalue weighted by atomic mass is 10.1. The molecule has 0 aromatic heterocycles. The molecule has 2 aromatic carbocycles. The van der Waals surface area contributed by atoms with Crippen molar-refractivity contribution < 1.29 is 17.2 Å². The van der Waals surface area contributed by atoms with Crippen LogP contribution >= 0.6 is 0 Å². The van der Waals surface area contributed by atoms with Crippen LogP contribution in [0.1, 0.15) is 16.7 Å². The van der Waals surface area contributed by atoms with Crippen LogP contribution in [-0.4, -0.2) is 14.2 Å². The topological polar surface area (TPSA) is 58.2 Å². The highest BCUT2D eigenvalue weighted by Crippen LogP contribution is 2.26. The predicted octanol–water partition coefficient (Wildman–Crippen LogP) is 2.90. The summed E-state index contributed by atoms with van der Waals surface area (Å²) in [5.41, 5.74) is 3.61. The van der Waals surface area contributed by atoms with Crippen LogP contribution in [0.25, 0.3) is 0 Å². The van der Waals surface area contributed by atoms with Crippen LogP contribution in [0.3, 0.4) is 0 Å². The quantitative estimate of drug-likeness (QED) is 0.880. The maximum atomic E-state index is 12.8. The van der Waals surface area contributed by atoms with Crippen LogP contribution in [-0.2, 0) is 29.5 Å². The van der Waals surface area contributed by atoms with E-state index in [1.165, 1.54) is 29.3 Å². The summed E-state index contributed by atoms with van der Waals surface area (Å²) in [6.45, 7) is 2.01. The molecule has 0 saturated heterocycles. The second-order valence-electron chi connectivity index (χ2n) is 5.36. The Hall–Kier alpha value is -1.99. The standard InChI is InChI=1S/C16H16F2N2O2S/c17-16(18)23(21,22)15-4-2-1-3-14(15)20-8-11-5-6-12-9-19-10-13(12)7-11/h1-7,16,19-20H,8-10H2. The summed E-state index contributed by atoms with van der Waals surface area (Å²) in [4.78, 5) is -0.377. The van der Waals surface area contributed by atoms with Crippen LogP contribution in [0.5, 0.6) is 0 Å². The number of benzene rings is 2. The smallest absolute Gasteiger partial charge is 0.341 e. The van der Waals surface area contributed by atoms with Gasteiger partial charge in [0.05, 0.1) is 10.6 Å². The summed E-state index contributed by atoms with van der Waals surface area (Å²) in [6, 6.07) is 11.7. The number of alkyl halides is 2. The molecule has 7 heteroatoms. The van der Waals surface area contributed by atoms with Gasteiger partial charge in [0.25, 0.3) is 0 Å². The number of halogens is 2. The summed E-state index contributed by atoms with van der Waals surface area (Å²) in [6.07, 6.45) is 0. The van der Waals surface area contributed by atoms with Crippen molar-refractivity contribution in [1.29, 1.82) is 0 Å². The summed E-state index contributed by atoms with van der Waals surface area (Å²) >= 11 is 0. The molecule has 2 N–H and O–H groups in total. The van der Waals surface area contributed by atoms with Crippen molar-refractivity contribution in [3.63, 3.8) is 0 Å². The molecule has 0 bridgehead atoms. The van der Waals surface area contributed by atoms with Crippen LogP contribution in [0.15, 0.2) is 47.4 Å². The fraction of sp³-hybridized carbons (Fsp3) is 0.250. The van der Waals surface area contributed by atoms with E-state index >= 15 is 0 Å². The number of fused-ring (bicyclic) bond motifs is 1. The first-order valence-corrected chi connectivity index (χ1v) is 8.69. The fourth-order valence-electron chi connectivity index (χ4n) is 2.61. The number of anilines is 1. The Morgan fingerprint density at radius 3 is 2.61 bits per heavy atom. The van der Waals surface area contributed by atoms with Crippen LogP contribution in [0.2, 0.25) is 0 Å². The molecular formula is C16H16F2N2O2S. The largest absolute Gasteiger partial charge is 0.380 e. The summed E-state index contributed by atoms with van der Waals surface area (Å²) in [5.74, 6) is -3.43. The van der Waals surface area contributed by atoms with Crippen molar-refractivity contribution in [3.8, 4) is 0 Å². The minimum absolute atomic E-state index is 0.187. The Morgan fingerprint density at radius 1 is 1.09 bits per heavy atom. The molecule has 0 aliphatic carbocycles. The molecular weight excluding hydrogens is 322 g/mol. The molecule has 0 saturated carbocycles. The molecule has 1 aliphatic rings. The van der Waals surface area contributed by atoms with Gasteiger partial charge in [0.15, 0.2) is 0 Å². The van der Waals surface area contributed by atoms with E-state index in [4.69, 9.17) is 0 Å². The van der Waals surface area contributed by atoms with Gasteiger partial charge in [-0.05, 0) is 28.8 Å². The minimum Gasteiger partial charge on any atom is -0.380 e. The van der Waals surface area contributed by atoms with Crippen LogP contribution in [0.4, 0.5) is 14.5 Å². The third kappa shape index (κ3) is 3.20. The first kappa shape index (κ1) is 15.9. The van der Waals surface area contributed by atoms with Crippen LogP contribution < -0.4 is 10.6 Å². The third-order valence-corrected chi connectivity index (χ3v) is 5.25. The molecule has 0 amide bonds. The van der Waals surface area contributed by atoms with Crippen molar-refractivity contribution in [2.45, 2.75) is 30.3 Å².